The molecule has 1 N–H and O–H groups in total. The maximum Gasteiger partial charge on any atom is 0.323 e. The summed E-state index contributed by atoms with van der Waals surface area (Å²) in [6.45, 7) is 0.740. The summed E-state index contributed by atoms with van der Waals surface area (Å²) in [6, 6.07) is 20.4. The van der Waals surface area contributed by atoms with Crippen molar-refractivity contribution in [2.24, 2.45) is 0 Å². The van der Waals surface area contributed by atoms with Gasteiger partial charge in [-0.3, -0.25) is 9.69 Å². The topological polar surface area (TPSA) is 61.9 Å². The number of ether oxygens (including phenoxy) is 1. The molecule has 168 valence electrons. The average molecular weight is 464 g/mol. The number of para-hydroxylation sites is 1. The highest BCUT2D eigenvalue weighted by Crippen LogP contribution is 2.54. The van der Waals surface area contributed by atoms with Crippen molar-refractivity contribution in [3.63, 3.8) is 0 Å². The molecule has 33 heavy (non-hydrogen) atoms. The minimum atomic E-state index is -1.13. The van der Waals surface area contributed by atoms with Crippen LogP contribution in [0, 0.1) is 5.82 Å². The van der Waals surface area contributed by atoms with Crippen LogP contribution in [0.2, 0.25) is 0 Å². The van der Waals surface area contributed by atoms with Crippen LogP contribution in [-0.4, -0.2) is 36.2 Å². The fraction of sp³-hybridized carbons (Fsp3) is 0.200. The van der Waals surface area contributed by atoms with Gasteiger partial charge in [-0.05, 0) is 48.0 Å². The molecule has 1 atom stereocenters. The third-order valence-electron chi connectivity index (χ3n) is 5.94. The maximum absolute atomic E-state index is 13.9. The molecule has 8 heteroatoms. The Balaban J connectivity index is 1.47. The third kappa shape index (κ3) is 3.60. The number of nitrogens with zero attached hydrogens (tertiary/aromatic N) is 2. The van der Waals surface area contributed by atoms with Gasteiger partial charge in [0.25, 0.3) is 5.91 Å². The molecule has 0 bridgehead atoms. The van der Waals surface area contributed by atoms with E-state index in [9.17, 15) is 14.0 Å². The quantitative estimate of drug-likeness (QED) is 0.603. The number of urea groups is 1. The number of benzene rings is 3. The second-order valence-corrected chi connectivity index (χ2v) is 9.13. The summed E-state index contributed by atoms with van der Waals surface area (Å²) in [4.78, 5) is 29.4. The lowest BCUT2D eigenvalue weighted by molar-refractivity contribution is -0.123. The van der Waals surface area contributed by atoms with E-state index < -0.39 is 4.87 Å². The van der Waals surface area contributed by atoms with Gasteiger partial charge in [0.2, 0.25) is 0 Å². The standard InChI is InChI=1S/C25H22FN3O3S/c1-32-20-12-10-19(11-13-20)27-24(31)29-14-15-33-25(29)21-4-2-3-5-22(21)28(23(25)30)16-17-6-8-18(26)9-7-17/h2-13H,14-16H2,1H3,(H,27,31). The zero-order valence-corrected chi connectivity index (χ0v) is 18.8. The van der Waals surface area contributed by atoms with E-state index in [0.717, 1.165) is 16.8 Å². The number of halogens is 1. The molecule has 3 aromatic carbocycles. The highest BCUT2D eigenvalue weighted by atomic mass is 32.2. The van der Waals surface area contributed by atoms with Crippen LogP contribution in [0.5, 0.6) is 5.75 Å². The number of nitrogens with one attached hydrogen (secondary N) is 1. The Morgan fingerprint density at radius 3 is 2.55 bits per heavy atom. The normalized spacial score (nSPS) is 19.2. The molecular formula is C25H22FN3O3S. The molecule has 2 heterocycles. The summed E-state index contributed by atoms with van der Waals surface area (Å²) in [5, 5.41) is 2.91. The Hall–Kier alpha value is -3.52. The molecule has 6 nitrogen and oxygen atoms in total. The third-order valence-corrected chi connectivity index (χ3v) is 7.36. The van der Waals surface area contributed by atoms with Crippen molar-refractivity contribution in [2.75, 3.05) is 29.6 Å². The van der Waals surface area contributed by atoms with E-state index in [1.54, 1.807) is 53.3 Å². The van der Waals surface area contributed by atoms with Crippen LogP contribution in [-0.2, 0) is 16.2 Å². The van der Waals surface area contributed by atoms with E-state index in [2.05, 4.69) is 5.32 Å². The fourth-order valence-electron chi connectivity index (χ4n) is 4.36. The molecule has 0 aromatic heterocycles. The molecule has 1 spiro atoms. The first kappa shape index (κ1) is 21.3. The van der Waals surface area contributed by atoms with Gasteiger partial charge in [-0.15, -0.1) is 11.8 Å². The number of carbonyl (C=O) groups is 2. The Morgan fingerprint density at radius 1 is 1.09 bits per heavy atom. The molecule has 3 aromatic rings. The minimum absolute atomic E-state index is 0.166. The van der Waals surface area contributed by atoms with Gasteiger partial charge in [0.1, 0.15) is 11.6 Å². The van der Waals surface area contributed by atoms with Gasteiger partial charge in [0.05, 0.1) is 19.3 Å². The van der Waals surface area contributed by atoms with E-state index in [1.165, 1.54) is 23.9 Å². The summed E-state index contributed by atoms with van der Waals surface area (Å²) in [7, 11) is 1.58. The summed E-state index contributed by atoms with van der Waals surface area (Å²) in [5.74, 6) is 0.842. The summed E-state index contributed by atoms with van der Waals surface area (Å²) in [5.41, 5.74) is 3.00. The second-order valence-electron chi connectivity index (χ2n) is 7.84. The Kier molecular flexibility index (Phi) is 5.46. The number of amides is 3. The highest BCUT2D eigenvalue weighted by Gasteiger charge is 2.59. The van der Waals surface area contributed by atoms with Crippen LogP contribution in [0.3, 0.4) is 0 Å². The number of hydrogen-bond acceptors (Lipinski definition) is 4. The SMILES string of the molecule is COc1ccc(NC(=O)N2CCSC23C(=O)N(Cc2ccc(F)cc2)c2ccccc23)cc1. The minimum Gasteiger partial charge on any atom is -0.497 e. The first-order valence-electron chi connectivity index (χ1n) is 10.6. The molecule has 1 unspecified atom stereocenters. The molecule has 5 rings (SSSR count). The molecule has 0 saturated carbocycles. The number of fused-ring (bicyclic) bond motifs is 2. The van der Waals surface area contributed by atoms with Crippen LogP contribution >= 0.6 is 11.8 Å². The lowest BCUT2D eigenvalue weighted by Crippen LogP contribution is -2.51. The fourth-order valence-corrected chi connectivity index (χ4v) is 5.82. The molecule has 3 amide bonds. The Morgan fingerprint density at radius 2 is 1.82 bits per heavy atom. The predicted molar refractivity (Wildman–Crippen MR) is 127 cm³/mol. The van der Waals surface area contributed by atoms with Crippen LogP contribution in [0.25, 0.3) is 0 Å². The zero-order valence-electron chi connectivity index (χ0n) is 18.0. The van der Waals surface area contributed by atoms with Crippen molar-refractivity contribution in [2.45, 2.75) is 11.4 Å². The lowest BCUT2D eigenvalue weighted by atomic mass is 10.1. The van der Waals surface area contributed by atoms with E-state index in [-0.39, 0.29) is 17.8 Å². The largest absolute Gasteiger partial charge is 0.497 e. The number of methoxy groups -OCH3 is 1. The number of thioether (sulfide) groups is 1. The molecule has 1 fully saturated rings. The van der Waals surface area contributed by atoms with Crippen LogP contribution < -0.4 is 15.0 Å². The van der Waals surface area contributed by atoms with Gasteiger partial charge < -0.3 is 15.0 Å². The van der Waals surface area contributed by atoms with Crippen molar-refractivity contribution in [3.05, 3.63) is 89.7 Å². The van der Waals surface area contributed by atoms with Crippen LogP contribution in [0.4, 0.5) is 20.6 Å². The van der Waals surface area contributed by atoms with Crippen LogP contribution in [0.1, 0.15) is 11.1 Å². The van der Waals surface area contributed by atoms with Crippen LogP contribution in [0.15, 0.2) is 72.8 Å². The summed E-state index contributed by atoms with van der Waals surface area (Å²) in [6.07, 6.45) is 0. The number of rotatable bonds is 4. The maximum atomic E-state index is 13.9. The monoisotopic (exact) mass is 463 g/mol. The summed E-state index contributed by atoms with van der Waals surface area (Å²) < 4.78 is 18.5. The van der Waals surface area contributed by atoms with Crippen molar-refractivity contribution in [1.82, 2.24) is 4.90 Å². The molecule has 1 saturated heterocycles. The zero-order chi connectivity index (χ0) is 23.0. The number of anilines is 2. The van der Waals surface area contributed by atoms with Gasteiger partial charge in [-0.2, -0.15) is 0 Å². The Labute approximate surface area is 195 Å². The van der Waals surface area contributed by atoms with Gasteiger partial charge in [-0.1, -0.05) is 30.3 Å². The molecule has 0 aliphatic carbocycles. The molecular weight excluding hydrogens is 441 g/mol. The van der Waals surface area contributed by atoms with Gasteiger partial charge in [-0.25, -0.2) is 9.18 Å². The van der Waals surface area contributed by atoms with Crippen molar-refractivity contribution in [1.29, 1.82) is 0 Å². The predicted octanol–water partition coefficient (Wildman–Crippen LogP) is 4.81. The number of hydrogen-bond donors (Lipinski definition) is 1. The molecule has 2 aliphatic heterocycles. The van der Waals surface area contributed by atoms with Gasteiger partial charge >= 0.3 is 6.03 Å². The van der Waals surface area contributed by atoms with Crippen molar-refractivity contribution in [3.8, 4) is 5.75 Å². The van der Waals surface area contributed by atoms with Crippen molar-refractivity contribution < 1.29 is 18.7 Å². The lowest BCUT2D eigenvalue weighted by Gasteiger charge is -2.33. The Bertz CT molecular complexity index is 1200. The highest BCUT2D eigenvalue weighted by molar-refractivity contribution is 8.01. The molecule has 2 aliphatic rings. The second kappa shape index (κ2) is 8.44. The summed E-state index contributed by atoms with van der Waals surface area (Å²) >= 11 is 1.47. The smallest absolute Gasteiger partial charge is 0.323 e. The first-order valence-corrected chi connectivity index (χ1v) is 11.5. The number of carbonyl (C=O) groups excluding carboxylic acids is 2. The van der Waals surface area contributed by atoms with E-state index in [1.807, 2.05) is 24.3 Å². The van der Waals surface area contributed by atoms with Gasteiger partial charge in [0, 0.05) is 23.5 Å². The van der Waals surface area contributed by atoms with E-state index in [4.69, 9.17) is 4.74 Å². The van der Waals surface area contributed by atoms with E-state index >= 15 is 0 Å². The average Bonchev–Trinajstić information content (AvgIpc) is 3.38. The molecule has 0 radical (unpaired) electrons. The van der Waals surface area contributed by atoms with Crippen molar-refractivity contribution >= 4 is 35.1 Å². The van der Waals surface area contributed by atoms with Gasteiger partial charge in [0.15, 0.2) is 4.87 Å². The van der Waals surface area contributed by atoms with E-state index in [0.29, 0.717) is 30.3 Å². The first-order chi connectivity index (χ1) is 16.0.